The van der Waals surface area contributed by atoms with Gasteiger partial charge in [0, 0.05) is 16.9 Å². The fraction of sp³-hybridized carbons (Fsp3) is 0.471. The SMILES string of the molecule is CCO[C@H]1COC[C@@H]1Nc1cc(C)c2ccc(SC)cc2n1. The van der Waals surface area contributed by atoms with Gasteiger partial charge in [-0.15, -0.1) is 11.8 Å². The first-order valence-corrected chi connectivity index (χ1v) is 8.85. The van der Waals surface area contributed by atoms with Crippen molar-refractivity contribution in [3.8, 4) is 0 Å². The van der Waals surface area contributed by atoms with E-state index in [0.717, 1.165) is 11.3 Å². The van der Waals surface area contributed by atoms with E-state index in [1.54, 1.807) is 11.8 Å². The summed E-state index contributed by atoms with van der Waals surface area (Å²) in [6.45, 7) is 6.15. The van der Waals surface area contributed by atoms with Crippen molar-refractivity contribution in [2.24, 2.45) is 0 Å². The summed E-state index contributed by atoms with van der Waals surface area (Å²) >= 11 is 1.73. The Morgan fingerprint density at radius 2 is 2.23 bits per heavy atom. The minimum Gasteiger partial charge on any atom is -0.376 e. The molecule has 22 heavy (non-hydrogen) atoms. The molecule has 0 spiro atoms. The van der Waals surface area contributed by atoms with E-state index in [9.17, 15) is 0 Å². The molecule has 1 aliphatic rings. The van der Waals surface area contributed by atoms with Crippen LogP contribution >= 0.6 is 11.8 Å². The van der Waals surface area contributed by atoms with Crippen molar-refractivity contribution in [2.75, 3.05) is 31.4 Å². The Morgan fingerprint density at radius 1 is 1.36 bits per heavy atom. The zero-order chi connectivity index (χ0) is 15.5. The fourth-order valence-corrected chi connectivity index (χ4v) is 3.25. The van der Waals surface area contributed by atoms with Gasteiger partial charge >= 0.3 is 0 Å². The molecule has 0 saturated carbocycles. The highest BCUT2D eigenvalue weighted by Crippen LogP contribution is 2.26. The molecule has 4 nitrogen and oxygen atoms in total. The van der Waals surface area contributed by atoms with Gasteiger partial charge in [-0.05, 0) is 43.9 Å². The number of aryl methyl sites for hydroxylation is 1. The van der Waals surface area contributed by atoms with Crippen molar-refractivity contribution >= 4 is 28.5 Å². The summed E-state index contributed by atoms with van der Waals surface area (Å²) < 4.78 is 11.3. The topological polar surface area (TPSA) is 43.4 Å². The van der Waals surface area contributed by atoms with Crippen molar-refractivity contribution in [3.63, 3.8) is 0 Å². The van der Waals surface area contributed by atoms with Gasteiger partial charge in [-0.3, -0.25) is 0 Å². The van der Waals surface area contributed by atoms with Crippen LogP contribution in [0.25, 0.3) is 10.9 Å². The molecule has 1 fully saturated rings. The molecule has 1 aromatic carbocycles. The second-order valence-corrected chi connectivity index (χ2v) is 6.37. The Labute approximate surface area is 135 Å². The van der Waals surface area contributed by atoms with Gasteiger partial charge in [0.1, 0.15) is 11.9 Å². The van der Waals surface area contributed by atoms with Crippen LogP contribution in [0.5, 0.6) is 0 Å². The van der Waals surface area contributed by atoms with Crippen LogP contribution < -0.4 is 5.32 Å². The first kappa shape index (κ1) is 15.6. The summed E-state index contributed by atoms with van der Waals surface area (Å²) in [5.41, 5.74) is 2.26. The van der Waals surface area contributed by atoms with Crippen molar-refractivity contribution in [1.29, 1.82) is 0 Å². The van der Waals surface area contributed by atoms with E-state index in [1.165, 1.54) is 15.8 Å². The zero-order valence-corrected chi connectivity index (χ0v) is 14.1. The van der Waals surface area contributed by atoms with E-state index in [4.69, 9.17) is 14.5 Å². The Balaban J connectivity index is 1.87. The summed E-state index contributed by atoms with van der Waals surface area (Å²) in [5.74, 6) is 0.892. The lowest BCUT2D eigenvalue weighted by molar-refractivity contribution is 0.0478. The standard InChI is InChI=1S/C17H22N2O2S/c1-4-21-16-10-20-9-15(16)19-17-7-11(2)13-6-5-12(22-3)8-14(13)18-17/h5-8,15-16H,4,9-10H2,1-3H3,(H,18,19)/t15-,16-/m0/s1. The molecule has 1 aliphatic heterocycles. The van der Waals surface area contributed by atoms with Gasteiger partial charge in [0.05, 0.1) is 24.8 Å². The first-order chi connectivity index (χ1) is 10.7. The molecule has 3 rings (SSSR count). The molecular formula is C17H22N2O2S. The molecule has 1 N–H and O–H groups in total. The quantitative estimate of drug-likeness (QED) is 0.855. The van der Waals surface area contributed by atoms with Crippen LogP contribution in [0.4, 0.5) is 5.82 Å². The predicted octanol–water partition coefficient (Wildman–Crippen LogP) is 3.48. The molecule has 2 aromatic rings. The number of aromatic nitrogens is 1. The third-order valence-electron chi connectivity index (χ3n) is 3.97. The number of fused-ring (bicyclic) bond motifs is 1. The van der Waals surface area contributed by atoms with Gasteiger partial charge in [0.2, 0.25) is 0 Å². The molecule has 0 radical (unpaired) electrons. The van der Waals surface area contributed by atoms with Gasteiger partial charge in [-0.1, -0.05) is 6.07 Å². The third kappa shape index (κ3) is 3.21. The van der Waals surface area contributed by atoms with Gasteiger partial charge in [-0.25, -0.2) is 4.98 Å². The van der Waals surface area contributed by atoms with E-state index in [0.29, 0.717) is 19.8 Å². The maximum absolute atomic E-state index is 5.72. The van der Waals surface area contributed by atoms with Crippen molar-refractivity contribution in [1.82, 2.24) is 4.98 Å². The highest BCUT2D eigenvalue weighted by Gasteiger charge is 2.29. The van der Waals surface area contributed by atoms with Crippen LogP contribution in [0, 0.1) is 6.92 Å². The van der Waals surface area contributed by atoms with Crippen LogP contribution in [0.3, 0.4) is 0 Å². The number of pyridine rings is 1. The number of thioether (sulfide) groups is 1. The molecule has 5 heteroatoms. The number of nitrogens with one attached hydrogen (secondary N) is 1. The summed E-state index contributed by atoms with van der Waals surface area (Å²) in [6.07, 6.45) is 2.18. The minimum absolute atomic E-state index is 0.0975. The minimum atomic E-state index is 0.0975. The maximum atomic E-state index is 5.72. The normalized spacial score (nSPS) is 21.4. The lowest BCUT2D eigenvalue weighted by atomic mass is 10.1. The van der Waals surface area contributed by atoms with Crippen LogP contribution in [0.15, 0.2) is 29.2 Å². The molecule has 0 bridgehead atoms. The Morgan fingerprint density at radius 3 is 3.00 bits per heavy atom. The van der Waals surface area contributed by atoms with E-state index >= 15 is 0 Å². The van der Waals surface area contributed by atoms with Crippen molar-refractivity contribution < 1.29 is 9.47 Å². The van der Waals surface area contributed by atoms with E-state index in [1.807, 2.05) is 6.92 Å². The number of hydrogen-bond acceptors (Lipinski definition) is 5. The van der Waals surface area contributed by atoms with E-state index in [2.05, 4.69) is 42.8 Å². The van der Waals surface area contributed by atoms with Gasteiger partial charge < -0.3 is 14.8 Å². The van der Waals surface area contributed by atoms with E-state index in [-0.39, 0.29) is 12.1 Å². The molecular weight excluding hydrogens is 296 g/mol. The van der Waals surface area contributed by atoms with Gasteiger partial charge in [-0.2, -0.15) is 0 Å². The molecule has 0 unspecified atom stereocenters. The third-order valence-corrected chi connectivity index (χ3v) is 4.69. The van der Waals surface area contributed by atoms with Gasteiger partial charge in [0.15, 0.2) is 0 Å². The Hall–Kier alpha value is -1.30. The van der Waals surface area contributed by atoms with Crippen LogP contribution in [-0.2, 0) is 9.47 Å². The average molecular weight is 318 g/mol. The predicted molar refractivity (Wildman–Crippen MR) is 91.9 cm³/mol. The lowest BCUT2D eigenvalue weighted by Crippen LogP contribution is -2.34. The number of nitrogens with zero attached hydrogens (tertiary/aromatic N) is 1. The number of benzene rings is 1. The summed E-state index contributed by atoms with van der Waals surface area (Å²) in [7, 11) is 0. The van der Waals surface area contributed by atoms with E-state index < -0.39 is 0 Å². The van der Waals surface area contributed by atoms with Crippen LogP contribution in [0.2, 0.25) is 0 Å². The average Bonchev–Trinajstić information content (AvgIpc) is 2.94. The van der Waals surface area contributed by atoms with Crippen LogP contribution in [-0.4, -0.2) is 43.2 Å². The number of ether oxygens (including phenoxy) is 2. The molecule has 1 saturated heterocycles. The summed E-state index contributed by atoms with van der Waals surface area (Å²) in [6, 6.07) is 8.69. The molecule has 118 valence electrons. The van der Waals surface area contributed by atoms with Crippen molar-refractivity contribution in [3.05, 3.63) is 29.8 Å². The molecule has 2 atom stereocenters. The zero-order valence-electron chi connectivity index (χ0n) is 13.3. The number of rotatable bonds is 5. The van der Waals surface area contributed by atoms with Crippen LogP contribution in [0.1, 0.15) is 12.5 Å². The summed E-state index contributed by atoms with van der Waals surface area (Å²) in [5, 5.41) is 4.68. The molecule has 0 amide bonds. The van der Waals surface area contributed by atoms with Crippen molar-refractivity contribution in [2.45, 2.75) is 30.9 Å². The maximum Gasteiger partial charge on any atom is 0.127 e. The number of anilines is 1. The van der Waals surface area contributed by atoms with Gasteiger partial charge in [0.25, 0.3) is 0 Å². The second-order valence-electron chi connectivity index (χ2n) is 5.49. The number of hydrogen-bond donors (Lipinski definition) is 1. The molecule has 1 aromatic heterocycles. The lowest BCUT2D eigenvalue weighted by Gasteiger charge is -2.20. The largest absolute Gasteiger partial charge is 0.376 e. The highest BCUT2D eigenvalue weighted by atomic mass is 32.2. The Bertz CT molecular complexity index is 662. The molecule has 2 heterocycles. The molecule has 0 aliphatic carbocycles. The fourth-order valence-electron chi connectivity index (χ4n) is 2.82. The Kier molecular flexibility index (Phi) is 4.86. The monoisotopic (exact) mass is 318 g/mol. The first-order valence-electron chi connectivity index (χ1n) is 7.62. The summed E-state index contributed by atoms with van der Waals surface area (Å²) in [4.78, 5) is 6.00. The second kappa shape index (κ2) is 6.86. The highest BCUT2D eigenvalue weighted by molar-refractivity contribution is 7.98. The smallest absolute Gasteiger partial charge is 0.127 e.